The van der Waals surface area contributed by atoms with Gasteiger partial charge in [0.2, 0.25) is 0 Å². The van der Waals surface area contributed by atoms with Gasteiger partial charge in [-0.25, -0.2) is 0 Å². The fourth-order valence-corrected chi connectivity index (χ4v) is 5.95. The SMILES string of the molecule is CC1CCc2ccc(-c3cccc4c3c3ccccc3n4I)cc2-c2ccccc21. The molecule has 1 aromatic heterocycles. The summed E-state index contributed by atoms with van der Waals surface area (Å²) in [6, 6.07) is 31.5. The van der Waals surface area contributed by atoms with Crippen LogP contribution in [0.15, 0.2) is 84.9 Å². The molecule has 1 heterocycles. The number of hydrogen-bond donors (Lipinski definition) is 0. The average Bonchev–Trinajstić information content (AvgIpc) is 3.01. The van der Waals surface area contributed by atoms with Crippen molar-refractivity contribution in [1.82, 2.24) is 2.78 Å². The Morgan fingerprint density at radius 2 is 1.53 bits per heavy atom. The zero-order valence-corrected chi connectivity index (χ0v) is 19.1. The van der Waals surface area contributed by atoms with E-state index < -0.39 is 0 Å². The van der Waals surface area contributed by atoms with Gasteiger partial charge in [-0.2, -0.15) is 0 Å². The second-order valence-electron chi connectivity index (χ2n) is 8.40. The quantitative estimate of drug-likeness (QED) is 0.204. The fraction of sp³-hybridized carbons (Fsp3) is 0.143. The largest absolute Gasteiger partial charge is 0.282 e. The lowest BCUT2D eigenvalue weighted by molar-refractivity contribution is 0.689. The van der Waals surface area contributed by atoms with E-state index in [1.165, 1.54) is 61.6 Å². The van der Waals surface area contributed by atoms with Crippen molar-refractivity contribution in [1.29, 1.82) is 0 Å². The van der Waals surface area contributed by atoms with Crippen LogP contribution in [0.2, 0.25) is 0 Å². The molecule has 1 atom stereocenters. The Morgan fingerprint density at radius 1 is 0.767 bits per heavy atom. The highest BCUT2D eigenvalue weighted by Gasteiger charge is 2.20. The predicted molar refractivity (Wildman–Crippen MR) is 136 cm³/mol. The van der Waals surface area contributed by atoms with Gasteiger partial charge in [-0.05, 0) is 70.3 Å². The van der Waals surface area contributed by atoms with Gasteiger partial charge in [-0.15, -0.1) is 0 Å². The number of fused-ring (bicyclic) bond motifs is 6. The Balaban J connectivity index is 1.64. The summed E-state index contributed by atoms with van der Waals surface area (Å²) >= 11 is 2.43. The standard InChI is InChI=1S/C28H22IN/c1-18-13-14-19-15-16-20(17-25(19)23-8-3-2-7-21(18)23)22-10-6-12-27-28(22)24-9-4-5-11-26(24)30(27)29/h2-12,15-18H,13-14H2,1H3. The number of rotatable bonds is 1. The molecule has 0 saturated carbocycles. The molecule has 0 N–H and O–H groups in total. The van der Waals surface area contributed by atoms with E-state index in [1.54, 1.807) is 0 Å². The van der Waals surface area contributed by atoms with Crippen molar-refractivity contribution in [3.05, 3.63) is 96.1 Å². The van der Waals surface area contributed by atoms with E-state index in [-0.39, 0.29) is 0 Å². The van der Waals surface area contributed by atoms with Gasteiger partial charge in [-0.1, -0.05) is 73.7 Å². The van der Waals surface area contributed by atoms with Crippen LogP contribution in [0.5, 0.6) is 0 Å². The Labute approximate surface area is 190 Å². The van der Waals surface area contributed by atoms with Crippen LogP contribution in [0.3, 0.4) is 0 Å². The number of para-hydroxylation sites is 1. The lowest BCUT2D eigenvalue weighted by Crippen LogP contribution is -1.93. The Hall–Kier alpha value is -2.59. The topological polar surface area (TPSA) is 4.93 Å². The van der Waals surface area contributed by atoms with Gasteiger partial charge in [0.15, 0.2) is 0 Å². The highest BCUT2D eigenvalue weighted by Crippen LogP contribution is 2.42. The molecule has 146 valence electrons. The number of hydrogen-bond acceptors (Lipinski definition) is 0. The maximum Gasteiger partial charge on any atom is 0.0646 e. The summed E-state index contributed by atoms with van der Waals surface area (Å²) in [5, 5.41) is 2.67. The summed E-state index contributed by atoms with van der Waals surface area (Å²) < 4.78 is 2.28. The molecular formula is C28H22IN. The normalized spacial score (nSPS) is 15.7. The van der Waals surface area contributed by atoms with Crippen molar-refractivity contribution < 1.29 is 0 Å². The van der Waals surface area contributed by atoms with E-state index in [1.807, 2.05) is 0 Å². The second-order valence-corrected chi connectivity index (χ2v) is 9.36. The van der Waals surface area contributed by atoms with Gasteiger partial charge >= 0.3 is 0 Å². The molecule has 0 amide bonds. The summed E-state index contributed by atoms with van der Waals surface area (Å²) in [5.74, 6) is 0.595. The molecular weight excluding hydrogens is 477 g/mol. The van der Waals surface area contributed by atoms with Gasteiger partial charge in [0, 0.05) is 10.8 Å². The number of benzene rings is 4. The van der Waals surface area contributed by atoms with Crippen LogP contribution >= 0.6 is 22.9 Å². The van der Waals surface area contributed by atoms with Gasteiger partial charge in [0.05, 0.1) is 33.9 Å². The van der Waals surface area contributed by atoms with Crippen molar-refractivity contribution in [3.8, 4) is 22.3 Å². The van der Waals surface area contributed by atoms with Crippen molar-refractivity contribution >= 4 is 44.7 Å². The molecule has 4 aromatic carbocycles. The minimum absolute atomic E-state index is 0.595. The van der Waals surface area contributed by atoms with Crippen LogP contribution in [0.4, 0.5) is 0 Å². The van der Waals surface area contributed by atoms with Crippen molar-refractivity contribution in [3.63, 3.8) is 0 Å². The van der Waals surface area contributed by atoms with E-state index in [0.29, 0.717) is 5.92 Å². The summed E-state index contributed by atoms with van der Waals surface area (Å²) in [4.78, 5) is 0. The summed E-state index contributed by atoms with van der Waals surface area (Å²) in [7, 11) is 0. The van der Waals surface area contributed by atoms with Crippen molar-refractivity contribution in [2.24, 2.45) is 0 Å². The molecule has 0 spiro atoms. The fourth-order valence-electron chi connectivity index (χ4n) is 5.13. The molecule has 0 aliphatic heterocycles. The molecule has 0 fully saturated rings. The van der Waals surface area contributed by atoms with Crippen molar-refractivity contribution in [2.75, 3.05) is 0 Å². The van der Waals surface area contributed by atoms with E-state index in [2.05, 4.69) is 117 Å². The predicted octanol–water partition coefficient (Wildman–Crippen LogP) is 8.38. The Kier molecular flexibility index (Phi) is 4.24. The molecule has 1 aliphatic carbocycles. The molecule has 0 radical (unpaired) electrons. The van der Waals surface area contributed by atoms with Crippen LogP contribution < -0.4 is 0 Å². The molecule has 0 bridgehead atoms. The molecule has 1 unspecified atom stereocenters. The molecule has 5 aromatic rings. The van der Waals surface area contributed by atoms with E-state index >= 15 is 0 Å². The average molecular weight is 499 g/mol. The van der Waals surface area contributed by atoms with E-state index in [4.69, 9.17) is 0 Å². The highest BCUT2D eigenvalue weighted by atomic mass is 127. The monoisotopic (exact) mass is 499 g/mol. The van der Waals surface area contributed by atoms with Gasteiger partial charge in [-0.3, -0.25) is 2.78 Å². The number of halogens is 1. The first-order chi connectivity index (χ1) is 14.7. The molecule has 30 heavy (non-hydrogen) atoms. The van der Waals surface area contributed by atoms with E-state index in [9.17, 15) is 0 Å². The minimum atomic E-state index is 0.595. The van der Waals surface area contributed by atoms with Crippen LogP contribution in [0, 0.1) is 0 Å². The number of aromatic nitrogens is 1. The molecule has 1 nitrogen and oxygen atoms in total. The summed E-state index contributed by atoms with van der Waals surface area (Å²) in [6.07, 6.45) is 2.35. The third-order valence-electron chi connectivity index (χ3n) is 6.69. The van der Waals surface area contributed by atoms with E-state index in [0.717, 1.165) is 6.42 Å². The lowest BCUT2D eigenvalue weighted by Gasteiger charge is -2.14. The minimum Gasteiger partial charge on any atom is -0.282 e. The Morgan fingerprint density at radius 3 is 2.47 bits per heavy atom. The van der Waals surface area contributed by atoms with Crippen molar-refractivity contribution in [2.45, 2.75) is 25.7 Å². The van der Waals surface area contributed by atoms with Crippen LogP contribution in [0.1, 0.15) is 30.4 Å². The Bertz CT molecular complexity index is 1430. The lowest BCUT2D eigenvalue weighted by atomic mass is 9.90. The first-order valence-corrected chi connectivity index (χ1v) is 11.6. The zero-order chi connectivity index (χ0) is 20.2. The second kappa shape index (κ2) is 6.98. The summed E-state index contributed by atoms with van der Waals surface area (Å²) in [5.41, 5.74) is 10.9. The molecule has 6 rings (SSSR count). The molecule has 0 saturated heterocycles. The van der Waals surface area contributed by atoms with Gasteiger partial charge in [0.1, 0.15) is 0 Å². The maximum absolute atomic E-state index is 2.43. The van der Waals surface area contributed by atoms with Crippen LogP contribution in [-0.4, -0.2) is 2.78 Å². The summed E-state index contributed by atoms with van der Waals surface area (Å²) in [6.45, 7) is 2.36. The highest BCUT2D eigenvalue weighted by molar-refractivity contribution is 14.1. The first kappa shape index (κ1) is 18.2. The molecule has 2 heteroatoms. The van der Waals surface area contributed by atoms with Gasteiger partial charge < -0.3 is 0 Å². The number of nitrogens with zero attached hydrogens (tertiary/aromatic N) is 1. The third kappa shape index (κ3) is 2.66. The zero-order valence-electron chi connectivity index (χ0n) is 16.9. The van der Waals surface area contributed by atoms with Crippen LogP contribution in [-0.2, 0) is 6.42 Å². The van der Waals surface area contributed by atoms with Crippen LogP contribution in [0.25, 0.3) is 44.1 Å². The first-order valence-electron chi connectivity index (χ1n) is 10.6. The smallest absolute Gasteiger partial charge is 0.0646 e. The molecule has 1 aliphatic rings. The van der Waals surface area contributed by atoms with Gasteiger partial charge in [0.25, 0.3) is 0 Å². The third-order valence-corrected chi connectivity index (χ3v) is 7.73. The number of aryl methyl sites for hydroxylation is 1. The maximum atomic E-state index is 2.43.